The summed E-state index contributed by atoms with van der Waals surface area (Å²) in [4.78, 5) is 29.8. The lowest BCUT2D eigenvalue weighted by atomic mass is 9.49. The highest BCUT2D eigenvalue weighted by atomic mass is 16.3. The summed E-state index contributed by atoms with van der Waals surface area (Å²) < 4.78 is 7.05. The van der Waals surface area contributed by atoms with Crippen LogP contribution in [0.15, 0.2) is 39.8 Å². The van der Waals surface area contributed by atoms with Crippen LogP contribution in [0.25, 0.3) is 22.1 Å². The largest absolute Gasteiger partial charge is 0.448 e. The average Bonchev–Trinajstić information content (AvgIpc) is 3.07. The van der Waals surface area contributed by atoms with Gasteiger partial charge < -0.3 is 9.73 Å². The minimum atomic E-state index is -0.309. The molecule has 4 saturated carbocycles. The number of furan rings is 1. The Morgan fingerprint density at radius 3 is 2.55 bits per heavy atom. The summed E-state index contributed by atoms with van der Waals surface area (Å²) in [6, 6.07) is 7.46. The fraction of sp³-hybridized carbons (Fsp3) is 0.522. The molecule has 7 rings (SSSR count). The number of nitrogens with one attached hydrogen (secondary N) is 1. The Morgan fingerprint density at radius 1 is 1.14 bits per heavy atom. The van der Waals surface area contributed by atoms with Crippen molar-refractivity contribution in [2.75, 3.05) is 6.54 Å². The van der Waals surface area contributed by atoms with Crippen LogP contribution in [0.1, 0.15) is 38.5 Å². The quantitative estimate of drug-likeness (QED) is 0.739. The predicted octanol–water partition coefficient (Wildman–Crippen LogP) is 3.48. The summed E-state index contributed by atoms with van der Waals surface area (Å²) in [7, 11) is 0. The maximum Gasteiger partial charge on any atom is 0.297 e. The zero-order valence-electron chi connectivity index (χ0n) is 16.4. The zero-order valence-corrected chi connectivity index (χ0v) is 16.4. The lowest BCUT2D eigenvalue weighted by molar-refractivity contribution is -0.123. The number of benzene rings is 1. The van der Waals surface area contributed by atoms with Crippen LogP contribution in [-0.2, 0) is 11.3 Å². The second-order valence-corrected chi connectivity index (χ2v) is 9.65. The Balaban J connectivity index is 1.19. The van der Waals surface area contributed by atoms with E-state index in [2.05, 4.69) is 10.3 Å². The van der Waals surface area contributed by atoms with Gasteiger partial charge in [0.15, 0.2) is 0 Å². The van der Waals surface area contributed by atoms with E-state index < -0.39 is 0 Å². The smallest absolute Gasteiger partial charge is 0.297 e. The first-order valence-electron chi connectivity index (χ1n) is 10.7. The van der Waals surface area contributed by atoms with Gasteiger partial charge in [0, 0.05) is 11.9 Å². The molecule has 4 aliphatic carbocycles. The van der Waals surface area contributed by atoms with E-state index in [1.807, 2.05) is 24.3 Å². The topological polar surface area (TPSA) is 77.1 Å². The third-order valence-electron chi connectivity index (χ3n) is 7.49. The molecule has 150 valence electrons. The van der Waals surface area contributed by atoms with Crippen molar-refractivity contribution < 1.29 is 9.21 Å². The third kappa shape index (κ3) is 2.80. The average molecular weight is 391 g/mol. The van der Waals surface area contributed by atoms with E-state index >= 15 is 0 Å². The molecule has 4 fully saturated rings. The number of para-hydroxylation sites is 1. The van der Waals surface area contributed by atoms with Gasteiger partial charge in [0.2, 0.25) is 11.5 Å². The molecule has 6 nitrogen and oxygen atoms in total. The molecule has 0 saturated heterocycles. The summed E-state index contributed by atoms with van der Waals surface area (Å²) >= 11 is 0. The van der Waals surface area contributed by atoms with Crippen molar-refractivity contribution in [1.29, 1.82) is 0 Å². The van der Waals surface area contributed by atoms with Crippen LogP contribution in [0.4, 0.5) is 0 Å². The molecular weight excluding hydrogens is 366 g/mol. The molecule has 0 unspecified atom stereocenters. The van der Waals surface area contributed by atoms with E-state index in [0.29, 0.717) is 11.1 Å². The van der Waals surface area contributed by atoms with Gasteiger partial charge in [0.1, 0.15) is 17.6 Å². The number of aromatic nitrogens is 2. The predicted molar refractivity (Wildman–Crippen MR) is 109 cm³/mol. The molecule has 4 aliphatic rings. The van der Waals surface area contributed by atoms with Gasteiger partial charge in [-0.3, -0.25) is 14.2 Å². The van der Waals surface area contributed by atoms with Gasteiger partial charge in [-0.25, -0.2) is 4.98 Å². The van der Waals surface area contributed by atoms with Crippen molar-refractivity contribution in [3.8, 4) is 0 Å². The SMILES string of the molecule is O=C(Cn1cnc2c(oc3ccccc32)c1=O)NCC12CC3CC(CC(C3)C1)C2. The van der Waals surface area contributed by atoms with Crippen molar-refractivity contribution in [3.05, 3.63) is 40.9 Å². The highest BCUT2D eigenvalue weighted by Crippen LogP contribution is 2.59. The van der Waals surface area contributed by atoms with Crippen LogP contribution in [0.2, 0.25) is 0 Å². The van der Waals surface area contributed by atoms with Gasteiger partial charge in [-0.05, 0) is 73.8 Å². The van der Waals surface area contributed by atoms with E-state index in [4.69, 9.17) is 4.42 Å². The number of fused-ring (bicyclic) bond motifs is 3. The summed E-state index contributed by atoms with van der Waals surface area (Å²) in [5.41, 5.74) is 1.38. The second-order valence-electron chi connectivity index (χ2n) is 9.65. The van der Waals surface area contributed by atoms with E-state index in [1.54, 1.807) is 0 Å². The minimum Gasteiger partial charge on any atom is -0.448 e. The van der Waals surface area contributed by atoms with Gasteiger partial charge >= 0.3 is 0 Å². The molecule has 2 aromatic heterocycles. The molecule has 2 heterocycles. The zero-order chi connectivity index (χ0) is 19.6. The molecule has 0 atom stereocenters. The first-order chi connectivity index (χ1) is 14.1. The van der Waals surface area contributed by atoms with E-state index in [9.17, 15) is 9.59 Å². The normalized spacial score (nSPS) is 30.3. The summed E-state index contributed by atoms with van der Waals surface area (Å²) in [6.07, 6.45) is 9.41. The van der Waals surface area contributed by atoms with Crippen LogP contribution in [0.5, 0.6) is 0 Å². The number of amides is 1. The van der Waals surface area contributed by atoms with Gasteiger partial charge in [-0.15, -0.1) is 0 Å². The standard InChI is InChI=1S/C23H25N3O3/c27-19(24-12-23-8-14-5-15(9-23)7-16(6-14)10-23)11-26-13-25-20-17-3-1-2-4-18(17)29-21(20)22(26)28/h1-4,13-16H,5-12H2,(H,24,27). The second kappa shape index (κ2) is 6.18. The summed E-state index contributed by atoms with van der Waals surface area (Å²) in [5.74, 6) is 2.46. The van der Waals surface area contributed by atoms with Crippen molar-refractivity contribution in [2.24, 2.45) is 23.2 Å². The first kappa shape index (κ1) is 17.2. The van der Waals surface area contributed by atoms with Gasteiger partial charge in [0.05, 0.1) is 6.33 Å². The molecule has 3 aromatic rings. The van der Waals surface area contributed by atoms with Gasteiger partial charge in [-0.1, -0.05) is 12.1 Å². The molecule has 1 aromatic carbocycles. The maximum absolute atomic E-state index is 12.8. The fourth-order valence-corrected chi connectivity index (χ4v) is 6.73. The molecule has 1 amide bonds. The number of rotatable bonds is 4. The van der Waals surface area contributed by atoms with Crippen molar-refractivity contribution >= 4 is 28.0 Å². The maximum atomic E-state index is 12.8. The highest BCUT2D eigenvalue weighted by molar-refractivity contribution is 6.01. The van der Waals surface area contributed by atoms with E-state index in [-0.39, 0.29) is 29.0 Å². The highest BCUT2D eigenvalue weighted by Gasteiger charge is 2.50. The Bertz CT molecular complexity index is 1140. The number of hydrogen-bond donors (Lipinski definition) is 1. The number of carbonyl (C=O) groups excluding carboxylic acids is 1. The number of hydrogen-bond acceptors (Lipinski definition) is 4. The minimum absolute atomic E-state index is 0.0226. The summed E-state index contributed by atoms with van der Waals surface area (Å²) in [5, 5.41) is 3.95. The van der Waals surface area contributed by atoms with Crippen LogP contribution in [0, 0.1) is 23.2 Å². The molecular formula is C23H25N3O3. The molecule has 6 heteroatoms. The molecule has 1 N–H and O–H groups in total. The van der Waals surface area contributed by atoms with E-state index in [1.165, 1.54) is 49.4 Å². The fourth-order valence-electron chi connectivity index (χ4n) is 6.73. The third-order valence-corrected chi connectivity index (χ3v) is 7.49. The van der Waals surface area contributed by atoms with Crippen molar-refractivity contribution in [2.45, 2.75) is 45.1 Å². The Kier molecular flexibility index (Phi) is 3.68. The summed E-state index contributed by atoms with van der Waals surface area (Å²) in [6.45, 7) is 0.718. The molecule has 0 spiro atoms. The van der Waals surface area contributed by atoms with Crippen molar-refractivity contribution in [3.63, 3.8) is 0 Å². The van der Waals surface area contributed by atoms with Crippen LogP contribution in [-0.4, -0.2) is 22.0 Å². The van der Waals surface area contributed by atoms with Crippen molar-refractivity contribution in [1.82, 2.24) is 14.9 Å². The van der Waals surface area contributed by atoms with Crippen LogP contribution < -0.4 is 10.9 Å². The Hall–Kier alpha value is -2.63. The van der Waals surface area contributed by atoms with E-state index in [0.717, 1.165) is 29.7 Å². The van der Waals surface area contributed by atoms with Gasteiger partial charge in [0.25, 0.3) is 5.56 Å². The van der Waals surface area contributed by atoms with Crippen LogP contribution >= 0.6 is 0 Å². The Morgan fingerprint density at radius 2 is 1.83 bits per heavy atom. The molecule has 0 radical (unpaired) electrons. The monoisotopic (exact) mass is 391 g/mol. The van der Waals surface area contributed by atoms with Crippen LogP contribution in [0.3, 0.4) is 0 Å². The molecule has 4 bridgehead atoms. The molecule has 0 aliphatic heterocycles. The molecule has 29 heavy (non-hydrogen) atoms. The van der Waals surface area contributed by atoms with Gasteiger partial charge in [-0.2, -0.15) is 0 Å². The number of carbonyl (C=O) groups is 1. The lowest BCUT2D eigenvalue weighted by Crippen LogP contribution is -2.51. The lowest BCUT2D eigenvalue weighted by Gasteiger charge is -2.56. The first-order valence-corrected chi connectivity index (χ1v) is 10.7. The number of nitrogens with zero attached hydrogens (tertiary/aromatic N) is 2. The Labute approximate surface area is 168 Å².